The summed E-state index contributed by atoms with van der Waals surface area (Å²) in [6.07, 6.45) is 11.4. The van der Waals surface area contributed by atoms with E-state index in [-0.39, 0.29) is 22.7 Å². The van der Waals surface area contributed by atoms with Gasteiger partial charge in [-0.25, -0.2) is 0 Å². The van der Waals surface area contributed by atoms with Gasteiger partial charge in [0.15, 0.2) is 0 Å². The van der Waals surface area contributed by atoms with Crippen molar-refractivity contribution in [1.29, 1.82) is 0 Å². The Hall–Kier alpha value is -1.17. The molecule has 0 bridgehead atoms. The fourth-order valence-electron chi connectivity index (χ4n) is 2.34. The molecule has 0 aliphatic heterocycles. The zero-order valence-electron chi connectivity index (χ0n) is 10.4. The van der Waals surface area contributed by atoms with Gasteiger partial charge < -0.3 is 5.11 Å². The second-order valence-corrected chi connectivity index (χ2v) is 5.57. The van der Waals surface area contributed by atoms with Crippen LogP contribution in [0.1, 0.15) is 31.2 Å². The Bertz CT molecular complexity index is 534. The first-order valence-electron chi connectivity index (χ1n) is 6.29. The van der Waals surface area contributed by atoms with Gasteiger partial charge in [-0.05, 0) is 25.0 Å². The van der Waals surface area contributed by atoms with E-state index in [0.717, 1.165) is 25.7 Å². The summed E-state index contributed by atoms with van der Waals surface area (Å²) in [7, 11) is 0. The van der Waals surface area contributed by atoms with E-state index in [1.54, 1.807) is 12.3 Å². The van der Waals surface area contributed by atoms with Crippen molar-refractivity contribution < 1.29 is 5.11 Å². The van der Waals surface area contributed by atoms with E-state index in [0.29, 0.717) is 10.6 Å². The molecule has 0 spiro atoms. The maximum absolute atomic E-state index is 9.85. The van der Waals surface area contributed by atoms with Crippen molar-refractivity contribution in [3.8, 4) is 18.1 Å². The number of phenols is 1. The Morgan fingerprint density at radius 3 is 2.79 bits per heavy atom. The van der Waals surface area contributed by atoms with E-state index < -0.39 is 0 Å². The minimum Gasteiger partial charge on any atom is -0.506 e. The number of rotatable bonds is 2. The monoisotopic (exact) mass is 295 g/mol. The molecule has 100 valence electrons. The molecule has 1 aromatic rings. The number of halogens is 2. The van der Waals surface area contributed by atoms with E-state index in [1.807, 2.05) is 0 Å². The molecule has 1 aromatic carbocycles. The van der Waals surface area contributed by atoms with Gasteiger partial charge in [-0.1, -0.05) is 36.0 Å². The molecular formula is C15H15Cl2NO. The Morgan fingerprint density at radius 2 is 2.05 bits per heavy atom. The minimum atomic E-state index is 0.00267. The first-order chi connectivity index (χ1) is 9.11. The fraction of sp³-hybridized carbons (Fsp3) is 0.400. The topological polar surface area (TPSA) is 32.6 Å². The van der Waals surface area contributed by atoms with Gasteiger partial charge in [0.2, 0.25) is 0 Å². The van der Waals surface area contributed by atoms with Crippen molar-refractivity contribution in [2.75, 3.05) is 0 Å². The SMILES string of the molecule is C#C[C@@H]1CCCC[C@H]1N=Cc1cc(Cl)cc(Cl)c1O. The number of hydrogen-bond acceptors (Lipinski definition) is 2. The maximum atomic E-state index is 9.85. The van der Waals surface area contributed by atoms with Gasteiger partial charge in [-0.2, -0.15) is 0 Å². The molecule has 0 unspecified atom stereocenters. The Labute approximate surface area is 123 Å². The summed E-state index contributed by atoms with van der Waals surface area (Å²) in [6.45, 7) is 0. The Morgan fingerprint density at radius 1 is 1.32 bits per heavy atom. The molecule has 0 radical (unpaired) electrons. The fourth-order valence-corrected chi connectivity index (χ4v) is 2.85. The van der Waals surface area contributed by atoms with E-state index >= 15 is 0 Å². The van der Waals surface area contributed by atoms with Gasteiger partial charge in [-0.15, -0.1) is 12.3 Å². The second-order valence-electron chi connectivity index (χ2n) is 4.73. The van der Waals surface area contributed by atoms with Crippen LogP contribution in [0.3, 0.4) is 0 Å². The standard InChI is InChI=1S/C15H15Cl2NO/c1-2-10-5-3-4-6-14(10)18-9-11-7-12(16)8-13(17)15(11)19/h1,7-10,14,19H,3-6H2/t10-,14-/m1/s1. The summed E-state index contributed by atoms with van der Waals surface area (Å²) in [5.41, 5.74) is 0.527. The zero-order valence-corrected chi connectivity index (χ0v) is 12.0. The third-order valence-corrected chi connectivity index (χ3v) is 3.91. The van der Waals surface area contributed by atoms with Crippen LogP contribution in [0, 0.1) is 18.3 Å². The summed E-state index contributed by atoms with van der Waals surface area (Å²) in [4.78, 5) is 4.50. The molecule has 0 saturated heterocycles. The van der Waals surface area contributed by atoms with Crippen LogP contribution in [0.25, 0.3) is 0 Å². The molecule has 0 amide bonds. The third-order valence-electron chi connectivity index (χ3n) is 3.41. The van der Waals surface area contributed by atoms with Crippen LogP contribution in [0.2, 0.25) is 10.0 Å². The molecular weight excluding hydrogens is 281 g/mol. The number of aromatic hydroxyl groups is 1. The lowest BCUT2D eigenvalue weighted by Gasteiger charge is -2.24. The molecule has 2 atom stereocenters. The summed E-state index contributed by atoms with van der Waals surface area (Å²) >= 11 is 11.8. The van der Waals surface area contributed by atoms with E-state index in [4.69, 9.17) is 29.6 Å². The number of nitrogens with zero attached hydrogens (tertiary/aromatic N) is 1. The number of aliphatic imine (C=N–C) groups is 1. The van der Waals surface area contributed by atoms with Gasteiger partial charge in [0, 0.05) is 22.7 Å². The highest BCUT2D eigenvalue weighted by atomic mass is 35.5. The molecule has 1 saturated carbocycles. The van der Waals surface area contributed by atoms with Gasteiger partial charge in [0.25, 0.3) is 0 Å². The van der Waals surface area contributed by atoms with Gasteiger partial charge in [0.05, 0.1) is 11.1 Å². The smallest absolute Gasteiger partial charge is 0.143 e. The van der Waals surface area contributed by atoms with Crippen LogP contribution < -0.4 is 0 Å². The minimum absolute atomic E-state index is 0.00267. The normalized spacial score (nSPS) is 23.4. The molecule has 2 rings (SSSR count). The Balaban J connectivity index is 2.20. The average molecular weight is 296 g/mol. The number of hydrogen-bond donors (Lipinski definition) is 1. The second kappa shape index (κ2) is 6.32. The average Bonchev–Trinajstić information content (AvgIpc) is 2.41. The largest absolute Gasteiger partial charge is 0.506 e. The van der Waals surface area contributed by atoms with Crippen molar-refractivity contribution in [1.82, 2.24) is 0 Å². The lowest BCUT2D eigenvalue weighted by molar-refractivity contribution is 0.375. The summed E-state index contributed by atoms with van der Waals surface area (Å²) < 4.78 is 0. The van der Waals surface area contributed by atoms with Gasteiger partial charge in [0.1, 0.15) is 5.75 Å². The van der Waals surface area contributed by atoms with E-state index in [9.17, 15) is 5.11 Å². The predicted molar refractivity (Wildman–Crippen MR) is 80.3 cm³/mol. The van der Waals surface area contributed by atoms with Gasteiger partial charge in [-0.3, -0.25) is 4.99 Å². The molecule has 0 heterocycles. The van der Waals surface area contributed by atoms with Crippen LogP contribution in [-0.2, 0) is 0 Å². The number of terminal acetylenes is 1. The molecule has 1 N–H and O–H groups in total. The molecule has 19 heavy (non-hydrogen) atoms. The highest BCUT2D eigenvalue weighted by molar-refractivity contribution is 6.36. The first kappa shape index (κ1) is 14.2. The molecule has 4 heteroatoms. The summed E-state index contributed by atoms with van der Waals surface area (Å²) in [5, 5.41) is 10.6. The van der Waals surface area contributed by atoms with Crippen molar-refractivity contribution in [3.05, 3.63) is 27.7 Å². The summed E-state index contributed by atoms with van der Waals surface area (Å²) in [5.74, 6) is 2.98. The van der Waals surface area contributed by atoms with Crippen molar-refractivity contribution >= 4 is 29.4 Å². The molecule has 1 fully saturated rings. The highest BCUT2D eigenvalue weighted by Crippen LogP contribution is 2.31. The van der Waals surface area contributed by atoms with Crippen LogP contribution in [0.5, 0.6) is 5.75 Å². The molecule has 2 nitrogen and oxygen atoms in total. The van der Waals surface area contributed by atoms with Crippen LogP contribution in [-0.4, -0.2) is 17.4 Å². The van der Waals surface area contributed by atoms with Crippen LogP contribution >= 0.6 is 23.2 Å². The zero-order chi connectivity index (χ0) is 13.8. The van der Waals surface area contributed by atoms with Crippen molar-refractivity contribution in [3.63, 3.8) is 0 Å². The predicted octanol–water partition coefficient (Wildman–Crippen LogP) is 4.31. The van der Waals surface area contributed by atoms with Crippen molar-refractivity contribution in [2.45, 2.75) is 31.7 Å². The number of phenolic OH excluding ortho intramolecular Hbond substituents is 1. The molecule has 1 aliphatic carbocycles. The third kappa shape index (κ3) is 3.43. The lowest BCUT2D eigenvalue weighted by Crippen LogP contribution is -2.21. The lowest BCUT2D eigenvalue weighted by atomic mass is 9.85. The quantitative estimate of drug-likeness (QED) is 0.640. The summed E-state index contributed by atoms with van der Waals surface area (Å²) in [6, 6.07) is 3.26. The van der Waals surface area contributed by atoms with E-state index in [1.165, 1.54) is 6.07 Å². The van der Waals surface area contributed by atoms with Crippen LogP contribution in [0.15, 0.2) is 17.1 Å². The molecule has 0 aromatic heterocycles. The Kier molecular flexibility index (Phi) is 4.74. The maximum Gasteiger partial charge on any atom is 0.143 e. The first-order valence-corrected chi connectivity index (χ1v) is 7.04. The van der Waals surface area contributed by atoms with E-state index in [2.05, 4.69) is 10.9 Å². The van der Waals surface area contributed by atoms with Crippen molar-refractivity contribution in [2.24, 2.45) is 10.9 Å². The molecule has 1 aliphatic rings. The van der Waals surface area contributed by atoms with Crippen LogP contribution in [0.4, 0.5) is 0 Å². The highest BCUT2D eigenvalue weighted by Gasteiger charge is 2.22. The number of benzene rings is 1. The van der Waals surface area contributed by atoms with Gasteiger partial charge >= 0.3 is 0 Å².